The van der Waals surface area contributed by atoms with Crippen LogP contribution in [-0.4, -0.2) is 19.8 Å². The van der Waals surface area contributed by atoms with Crippen LogP contribution >= 0.6 is 23.2 Å². The van der Waals surface area contributed by atoms with E-state index >= 15 is 0 Å². The third-order valence-corrected chi connectivity index (χ3v) is 4.15. The first-order chi connectivity index (χ1) is 9.08. The Morgan fingerprint density at radius 1 is 1.42 bits per heavy atom. The summed E-state index contributed by atoms with van der Waals surface area (Å²) >= 11 is 11.8. The molecular weight excluding hydrogens is 288 g/mol. The Kier molecular flexibility index (Phi) is 5.46. The molecule has 1 saturated heterocycles. The zero-order valence-corrected chi connectivity index (χ0v) is 12.4. The van der Waals surface area contributed by atoms with Gasteiger partial charge >= 0.3 is 0 Å². The minimum absolute atomic E-state index is 0.00147. The van der Waals surface area contributed by atoms with Gasteiger partial charge in [0.1, 0.15) is 5.82 Å². The standard InChI is InChI=1S/C14H18Cl2FNO/c1-9(18-4-2-10-3-5-19-8-10)11-6-14(17)13(16)7-12(11)15/h6-7,9-10,18H,2-5,8H2,1H3. The molecule has 0 aliphatic carbocycles. The number of hydrogen-bond acceptors (Lipinski definition) is 2. The molecule has 1 aromatic carbocycles. The van der Waals surface area contributed by atoms with Crippen molar-refractivity contribution in [2.75, 3.05) is 19.8 Å². The van der Waals surface area contributed by atoms with Gasteiger partial charge in [0.2, 0.25) is 0 Å². The Hall–Kier alpha value is -0.350. The molecule has 1 N–H and O–H groups in total. The van der Waals surface area contributed by atoms with Crippen molar-refractivity contribution in [3.05, 3.63) is 33.6 Å². The van der Waals surface area contributed by atoms with E-state index in [2.05, 4.69) is 5.32 Å². The molecule has 0 spiro atoms. The van der Waals surface area contributed by atoms with E-state index in [-0.39, 0.29) is 11.1 Å². The molecule has 1 aliphatic rings. The van der Waals surface area contributed by atoms with Crippen LogP contribution in [0.25, 0.3) is 0 Å². The second kappa shape index (κ2) is 6.89. The molecule has 1 fully saturated rings. The van der Waals surface area contributed by atoms with Crippen LogP contribution in [-0.2, 0) is 4.74 Å². The molecule has 2 unspecified atom stereocenters. The van der Waals surface area contributed by atoms with Crippen molar-refractivity contribution in [1.82, 2.24) is 5.32 Å². The van der Waals surface area contributed by atoms with Crippen molar-refractivity contribution in [3.63, 3.8) is 0 Å². The smallest absolute Gasteiger partial charge is 0.142 e. The first-order valence-electron chi connectivity index (χ1n) is 6.53. The summed E-state index contributed by atoms with van der Waals surface area (Å²) in [6.45, 7) is 4.57. The van der Waals surface area contributed by atoms with Crippen molar-refractivity contribution < 1.29 is 9.13 Å². The van der Waals surface area contributed by atoms with Crippen LogP contribution in [0.15, 0.2) is 12.1 Å². The lowest BCUT2D eigenvalue weighted by Gasteiger charge is -2.17. The maximum Gasteiger partial charge on any atom is 0.142 e. The average Bonchev–Trinajstić information content (AvgIpc) is 2.86. The Labute approximate surface area is 123 Å². The molecule has 2 nitrogen and oxygen atoms in total. The van der Waals surface area contributed by atoms with Crippen molar-refractivity contribution in [3.8, 4) is 0 Å². The van der Waals surface area contributed by atoms with Gasteiger partial charge < -0.3 is 10.1 Å². The van der Waals surface area contributed by atoms with E-state index in [0.29, 0.717) is 10.9 Å². The van der Waals surface area contributed by atoms with Crippen LogP contribution in [0.3, 0.4) is 0 Å². The number of rotatable bonds is 5. The van der Waals surface area contributed by atoms with E-state index < -0.39 is 5.82 Å². The van der Waals surface area contributed by atoms with Gasteiger partial charge in [-0.05, 0) is 49.9 Å². The molecule has 1 aromatic rings. The monoisotopic (exact) mass is 305 g/mol. The fourth-order valence-corrected chi connectivity index (χ4v) is 2.84. The van der Waals surface area contributed by atoms with Crippen LogP contribution in [0, 0.1) is 11.7 Å². The highest BCUT2D eigenvalue weighted by molar-refractivity contribution is 6.35. The van der Waals surface area contributed by atoms with E-state index in [1.54, 1.807) is 0 Å². The lowest BCUT2D eigenvalue weighted by Crippen LogP contribution is -2.22. The second-order valence-electron chi connectivity index (χ2n) is 4.98. The topological polar surface area (TPSA) is 21.3 Å². The van der Waals surface area contributed by atoms with Gasteiger partial charge in [0.25, 0.3) is 0 Å². The molecule has 1 aliphatic heterocycles. The van der Waals surface area contributed by atoms with Crippen LogP contribution < -0.4 is 5.32 Å². The summed E-state index contributed by atoms with van der Waals surface area (Å²) in [5.41, 5.74) is 0.742. The van der Waals surface area contributed by atoms with Gasteiger partial charge in [-0.3, -0.25) is 0 Å². The highest BCUT2D eigenvalue weighted by Crippen LogP contribution is 2.28. The molecule has 19 heavy (non-hydrogen) atoms. The normalized spacial score (nSPS) is 20.7. The molecule has 2 atom stereocenters. The maximum absolute atomic E-state index is 13.5. The number of hydrogen-bond donors (Lipinski definition) is 1. The predicted molar refractivity (Wildman–Crippen MR) is 76.4 cm³/mol. The van der Waals surface area contributed by atoms with Crippen LogP contribution in [0.1, 0.15) is 31.4 Å². The van der Waals surface area contributed by atoms with Gasteiger partial charge in [-0.2, -0.15) is 0 Å². The van der Waals surface area contributed by atoms with Gasteiger partial charge in [-0.25, -0.2) is 4.39 Å². The first kappa shape index (κ1) is 15.0. The van der Waals surface area contributed by atoms with Crippen molar-refractivity contribution in [1.29, 1.82) is 0 Å². The largest absolute Gasteiger partial charge is 0.381 e. The number of halogens is 3. The fourth-order valence-electron chi connectivity index (χ4n) is 2.29. The quantitative estimate of drug-likeness (QED) is 0.823. The Bertz CT molecular complexity index is 436. The van der Waals surface area contributed by atoms with Gasteiger partial charge in [0, 0.05) is 24.3 Å². The zero-order chi connectivity index (χ0) is 13.8. The summed E-state index contributed by atoms with van der Waals surface area (Å²) in [5, 5.41) is 3.92. The highest BCUT2D eigenvalue weighted by atomic mass is 35.5. The molecule has 0 amide bonds. The molecule has 0 saturated carbocycles. The van der Waals surface area contributed by atoms with Crippen molar-refractivity contribution in [2.45, 2.75) is 25.8 Å². The minimum atomic E-state index is -0.432. The lowest BCUT2D eigenvalue weighted by molar-refractivity contribution is 0.184. The van der Waals surface area contributed by atoms with E-state index in [9.17, 15) is 4.39 Å². The summed E-state index contributed by atoms with van der Waals surface area (Å²) in [6.07, 6.45) is 2.20. The molecule has 2 rings (SSSR count). The van der Waals surface area contributed by atoms with Crippen LogP contribution in [0.5, 0.6) is 0 Å². The van der Waals surface area contributed by atoms with E-state index in [4.69, 9.17) is 27.9 Å². The van der Waals surface area contributed by atoms with Gasteiger partial charge in [0.05, 0.1) is 5.02 Å². The molecule has 5 heteroatoms. The van der Waals surface area contributed by atoms with E-state index in [1.807, 2.05) is 6.92 Å². The number of benzene rings is 1. The number of ether oxygens (including phenoxy) is 1. The Morgan fingerprint density at radius 3 is 2.89 bits per heavy atom. The summed E-state index contributed by atoms with van der Waals surface area (Å²) < 4.78 is 18.8. The van der Waals surface area contributed by atoms with Crippen molar-refractivity contribution in [2.24, 2.45) is 5.92 Å². The predicted octanol–water partition coefficient (Wildman–Crippen LogP) is 4.21. The van der Waals surface area contributed by atoms with E-state index in [0.717, 1.165) is 38.2 Å². The SMILES string of the molecule is CC(NCCC1CCOC1)c1cc(F)c(Cl)cc1Cl. The molecule has 0 aromatic heterocycles. The minimum Gasteiger partial charge on any atom is -0.381 e. The first-order valence-corrected chi connectivity index (χ1v) is 7.29. The molecule has 0 bridgehead atoms. The maximum atomic E-state index is 13.5. The van der Waals surface area contributed by atoms with Crippen LogP contribution in [0.4, 0.5) is 4.39 Å². The third-order valence-electron chi connectivity index (χ3n) is 3.53. The molecule has 1 heterocycles. The zero-order valence-electron chi connectivity index (χ0n) is 10.9. The molecular formula is C14H18Cl2FNO. The lowest BCUT2D eigenvalue weighted by atomic mass is 10.0. The van der Waals surface area contributed by atoms with Crippen molar-refractivity contribution >= 4 is 23.2 Å². The van der Waals surface area contributed by atoms with Crippen LogP contribution in [0.2, 0.25) is 10.0 Å². The molecule has 106 valence electrons. The molecule has 0 radical (unpaired) electrons. The summed E-state index contributed by atoms with van der Waals surface area (Å²) in [7, 11) is 0. The fraction of sp³-hybridized carbons (Fsp3) is 0.571. The summed E-state index contributed by atoms with van der Waals surface area (Å²) in [5.74, 6) is 0.205. The summed E-state index contributed by atoms with van der Waals surface area (Å²) in [6, 6.07) is 2.86. The Balaban J connectivity index is 1.88. The second-order valence-corrected chi connectivity index (χ2v) is 5.80. The van der Waals surface area contributed by atoms with Gasteiger partial charge in [-0.1, -0.05) is 23.2 Å². The average molecular weight is 306 g/mol. The van der Waals surface area contributed by atoms with Gasteiger partial charge in [0.15, 0.2) is 0 Å². The number of nitrogens with one attached hydrogen (secondary N) is 1. The third kappa shape index (κ3) is 4.06. The summed E-state index contributed by atoms with van der Waals surface area (Å²) in [4.78, 5) is 0. The Morgan fingerprint density at radius 2 is 2.21 bits per heavy atom. The van der Waals surface area contributed by atoms with E-state index in [1.165, 1.54) is 12.1 Å². The highest BCUT2D eigenvalue weighted by Gasteiger charge is 2.17. The van der Waals surface area contributed by atoms with Gasteiger partial charge in [-0.15, -0.1) is 0 Å².